The number of rotatable bonds is 9. The molecule has 0 amide bonds. The maximum atomic E-state index is 10.7. The molecule has 0 spiro atoms. The van der Waals surface area contributed by atoms with Crippen LogP contribution in [-0.2, 0) is 31.5 Å². The first-order chi connectivity index (χ1) is 12.3. The fourth-order valence-corrected chi connectivity index (χ4v) is 1.27. The molecular weight excluding hydrogens is 443 g/mol. The molecule has 152 valence electrons. The van der Waals surface area contributed by atoms with E-state index in [1.807, 2.05) is 34.6 Å². The summed E-state index contributed by atoms with van der Waals surface area (Å²) in [5.41, 5.74) is 0. The molecule has 0 aromatic heterocycles. The van der Waals surface area contributed by atoms with Gasteiger partial charge < -0.3 is 9.47 Å². The molecule has 0 unspecified atom stereocenters. The van der Waals surface area contributed by atoms with Gasteiger partial charge in [-0.05, 0) is 25.7 Å². The number of carbonyl (C=O) groups excluding carboxylic acids is 4. The molecule has 26 heavy (non-hydrogen) atoms. The Balaban J connectivity index is -0.000000338. The van der Waals surface area contributed by atoms with E-state index in [2.05, 4.69) is 9.47 Å². The average Bonchev–Trinajstić information content (AvgIpc) is 2.56. The molecule has 0 heterocycles. The fourth-order valence-electron chi connectivity index (χ4n) is 1.27. The zero-order chi connectivity index (χ0) is 20.8. The van der Waals surface area contributed by atoms with Crippen molar-refractivity contribution in [2.45, 2.75) is 86.0 Å². The first kappa shape index (κ1) is 29.9. The van der Waals surface area contributed by atoms with Crippen LogP contribution < -0.4 is 0 Å². The van der Waals surface area contributed by atoms with E-state index < -0.39 is 23.9 Å². The van der Waals surface area contributed by atoms with Gasteiger partial charge in [-0.25, -0.2) is 0 Å². The van der Waals surface area contributed by atoms with E-state index in [1.54, 1.807) is 0 Å². The predicted molar refractivity (Wildman–Crippen MR) is 102 cm³/mol. The Morgan fingerprint density at radius 2 is 0.769 bits per heavy atom. The first-order valence-corrected chi connectivity index (χ1v) is 11.6. The summed E-state index contributed by atoms with van der Waals surface area (Å²) in [6.45, 7) is 10.4. The van der Waals surface area contributed by atoms with Crippen LogP contribution in [0.3, 0.4) is 0 Å². The topological polar surface area (TPSA) is 96.0 Å². The van der Waals surface area contributed by atoms with E-state index in [9.17, 15) is 19.2 Å². The van der Waals surface area contributed by atoms with Gasteiger partial charge in [0.1, 0.15) is 0 Å². The van der Waals surface area contributed by atoms with Crippen LogP contribution in [0.1, 0.15) is 86.0 Å². The Morgan fingerprint density at radius 3 is 0.885 bits per heavy atom. The molecule has 0 saturated heterocycles. The van der Waals surface area contributed by atoms with Crippen LogP contribution in [0.25, 0.3) is 0 Å². The molecule has 0 N–H and O–H groups in total. The van der Waals surface area contributed by atoms with Crippen LogP contribution in [0.2, 0.25) is 0 Å². The van der Waals surface area contributed by atoms with Crippen LogP contribution in [-0.4, -0.2) is 55.3 Å². The molecule has 0 saturated carbocycles. The first-order valence-electron chi connectivity index (χ1n) is 9.28. The third-order valence-electron chi connectivity index (χ3n) is 2.56. The zero-order valence-electron chi connectivity index (χ0n) is 17.2. The molecular formula is C18H35InO7. The molecule has 0 aliphatic rings. The quantitative estimate of drug-likeness (QED) is 0.372. The second-order valence-corrected chi connectivity index (χ2v) is 6.92. The minimum absolute atomic E-state index is 0.329. The van der Waals surface area contributed by atoms with Crippen molar-refractivity contribution in [1.82, 2.24) is 0 Å². The third kappa shape index (κ3) is 27.9. The van der Waals surface area contributed by atoms with E-state index in [0.717, 1.165) is 32.3 Å². The number of ether oxygens (including phenoxy) is 2. The Hall–Kier alpha value is -0.890. The van der Waals surface area contributed by atoms with E-state index in [4.69, 9.17) is 2.85 Å². The fraction of sp³-hybridized carbons (Fsp3) is 0.778. The summed E-state index contributed by atoms with van der Waals surface area (Å²) in [5, 5.41) is 0. The van der Waals surface area contributed by atoms with Crippen LogP contribution in [0, 0.1) is 0 Å². The number of carbonyl (C=O) groups is 4. The number of hydrogen-bond acceptors (Lipinski definition) is 7. The van der Waals surface area contributed by atoms with Gasteiger partial charge in [-0.2, -0.15) is 0 Å². The van der Waals surface area contributed by atoms with Gasteiger partial charge in [-0.15, -0.1) is 0 Å². The van der Waals surface area contributed by atoms with Gasteiger partial charge in [0.15, 0.2) is 0 Å². The van der Waals surface area contributed by atoms with Gasteiger partial charge in [0.25, 0.3) is 0 Å². The molecule has 0 aliphatic heterocycles. The molecule has 0 aliphatic carbocycles. The van der Waals surface area contributed by atoms with Crippen molar-refractivity contribution in [3.05, 3.63) is 0 Å². The van der Waals surface area contributed by atoms with Gasteiger partial charge >= 0.3 is 65.1 Å². The second kappa shape index (κ2) is 24.1. The second-order valence-electron chi connectivity index (χ2n) is 5.27. The third-order valence-corrected chi connectivity index (χ3v) is 4.21. The zero-order valence-corrected chi connectivity index (χ0v) is 22.9. The Morgan fingerprint density at radius 1 is 0.577 bits per heavy atom. The van der Waals surface area contributed by atoms with E-state index in [0.29, 0.717) is 50.5 Å². The Bertz CT molecular complexity index is 316. The van der Waals surface area contributed by atoms with Gasteiger partial charge in [-0.1, -0.05) is 27.7 Å². The van der Waals surface area contributed by atoms with Gasteiger partial charge in [0.05, 0.1) is 0 Å². The van der Waals surface area contributed by atoms with E-state index in [1.165, 1.54) is 0 Å². The summed E-state index contributed by atoms with van der Waals surface area (Å²) in [6.07, 6.45) is 4.20. The summed E-state index contributed by atoms with van der Waals surface area (Å²) in [6, 6.07) is 0. The van der Waals surface area contributed by atoms with Gasteiger partial charge in [0.2, 0.25) is 0 Å². The SMILES string of the molecule is CCCC(=O)OC(=O)CCC.CCCC(=O)OC(=O)CCC.CC[O][InH2]. The van der Waals surface area contributed by atoms with Crippen LogP contribution in [0.5, 0.6) is 0 Å². The van der Waals surface area contributed by atoms with Crippen molar-refractivity contribution in [1.29, 1.82) is 0 Å². The summed E-state index contributed by atoms with van der Waals surface area (Å²) >= 11 is 0.485. The molecule has 0 atom stereocenters. The van der Waals surface area contributed by atoms with Crippen molar-refractivity contribution in [3.8, 4) is 0 Å². The van der Waals surface area contributed by atoms with Crippen molar-refractivity contribution in [2.75, 3.05) is 6.61 Å². The van der Waals surface area contributed by atoms with Crippen molar-refractivity contribution < 1.29 is 31.5 Å². The molecule has 0 radical (unpaired) electrons. The predicted octanol–water partition coefficient (Wildman–Crippen LogP) is 2.88. The number of esters is 4. The summed E-state index contributed by atoms with van der Waals surface area (Å²) in [4.78, 5) is 42.7. The molecule has 0 rings (SSSR count). The summed E-state index contributed by atoms with van der Waals surface area (Å²) in [5.74, 6) is -1.64. The van der Waals surface area contributed by atoms with Gasteiger partial charge in [0, 0.05) is 25.7 Å². The van der Waals surface area contributed by atoms with E-state index in [-0.39, 0.29) is 0 Å². The average molecular weight is 478 g/mol. The molecule has 0 bridgehead atoms. The van der Waals surface area contributed by atoms with Crippen LogP contribution in [0.4, 0.5) is 0 Å². The van der Waals surface area contributed by atoms with Gasteiger partial charge in [-0.3, -0.25) is 19.2 Å². The Kier molecular flexibility index (Phi) is 27.7. The molecule has 0 aromatic carbocycles. The van der Waals surface area contributed by atoms with Crippen molar-refractivity contribution in [2.24, 2.45) is 0 Å². The molecule has 0 aromatic rings. The molecule has 7 nitrogen and oxygen atoms in total. The maximum absolute atomic E-state index is 10.7. The van der Waals surface area contributed by atoms with E-state index >= 15 is 0 Å². The van der Waals surface area contributed by atoms with Crippen LogP contribution >= 0.6 is 0 Å². The normalized spacial score (nSPS) is 8.96. The van der Waals surface area contributed by atoms with Crippen molar-refractivity contribution in [3.63, 3.8) is 0 Å². The van der Waals surface area contributed by atoms with Crippen molar-refractivity contribution >= 4 is 48.7 Å². The molecule has 0 fully saturated rings. The summed E-state index contributed by atoms with van der Waals surface area (Å²) < 4.78 is 13.7. The van der Waals surface area contributed by atoms with Crippen LogP contribution in [0.15, 0.2) is 0 Å². The minimum atomic E-state index is -0.411. The molecule has 8 heteroatoms. The standard InChI is InChI=1S/2C8H14O3.C2H5O.In.2H/c2*1-3-5-7(9)11-8(10)6-4-2;1-2-3;;;/h2*3-6H2,1-2H3;2H2,1H3;;;/q;;-1;+1;;. The number of hydrogen-bond donors (Lipinski definition) is 0. The Labute approximate surface area is 172 Å². The summed E-state index contributed by atoms with van der Waals surface area (Å²) in [7, 11) is 0. The monoisotopic (exact) mass is 478 g/mol.